The molecule has 82 valence electrons. The molecule has 1 atom stereocenters. The van der Waals surface area contributed by atoms with Gasteiger partial charge in [0.1, 0.15) is 0 Å². The first kappa shape index (κ1) is 21.1. The van der Waals surface area contributed by atoms with Crippen molar-refractivity contribution < 1.29 is 51.4 Å². The van der Waals surface area contributed by atoms with Crippen molar-refractivity contribution in [2.45, 2.75) is 26.8 Å². The summed E-state index contributed by atoms with van der Waals surface area (Å²) in [5, 5.41) is 0. The molecule has 0 aliphatic heterocycles. The zero-order chi connectivity index (χ0) is 10.3. The largest absolute Gasteiger partial charge is 1.00 e. The average molecular weight is 232 g/mol. The molecule has 0 amide bonds. The van der Waals surface area contributed by atoms with E-state index < -0.39 is 0 Å². The molecule has 0 fully saturated rings. The van der Waals surface area contributed by atoms with Crippen LogP contribution in [0.25, 0.3) is 0 Å². The van der Waals surface area contributed by atoms with E-state index in [-0.39, 0.29) is 58.8 Å². The standard InChI is InChI=1S/C10H14N.C2H6.CH3.K/c1-9(11(2)3)10-7-5-4-6-8-10;1-2;;/h5-9H,1-3H3;1-2H3;1H3;/q-1;;-1;+1. The van der Waals surface area contributed by atoms with Gasteiger partial charge in [-0.2, -0.15) is 30.3 Å². The van der Waals surface area contributed by atoms with Crippen LogP contribution in [0.1, 0.15) is 32.4 Å². The van der Waals surface area contributed by atoms with Crippen LogP contribution in [0, 0.1) is 13.5 Å². The van der Waals surface area contributed by atoms with Crippen LogP contribution in [0.3, 0.4) is 0 Å². The summed E-state index contributed by atoms with van der Waals surface area (Å²) in [6.07, 6.45) is 0. The second-order valence-corrected chi connectivity index (χ2v) is 2.97. The SMILES string of the molecule is CC.CC(c1cc[c-]cc1)N(C)C.[CH3-].[K+]. The van der Waals surface area contributed by atoms with Gasteiger partial charge in [-0.25, -0.2) is 0 Å². The Bertz CT molecular complexity index is 209. The zero-order valence-electron chi connectivity index (χ0n) is 11.3. The third-order valence-corrected chi connectivity index (χ3v) is 2.00. The second-order valence-electron chi connectivity index (χ2n) is 2.97. The van der Waals surface area contributed by atoms with Gasteiger partial charge in [0.2, 0.25) is 0 Å². The molecule has 0 saturated carbocycles. The van der Waals surface area contributed by atoms with E-state index in [0.717, 1.165) is 0 Å². The molecule has 0 aromatic heterocycles. The van der Waals surface area contributed by atoms with Gasteiger partial charge in [-0.3, -0.25) is 0 Å². The molecule has 0 bridgehead atoms. The summed E-state index contributed by atoms with van der Waals surface area (Å²) in [5.74, 6) is 0. The van der Waals surface area contributed by atoms with E-state index in [0.29, 0.717) is 6.04 Å². The van der Waals surface area contributed by atoms with E-state index in [9.17, 15) is 0 Å². The van der Waals surface area contributed by atoms with E-state index in [1.807, 2.05) is 26.0 Å². The van der Waals surface area contributed by atoms with Crippen molar-refractivity contribution in [3.05, 3.63) is 43.3 Å². The van der Waals surface area contributed by atoms with Crippen LogP contribution in [-0.4, -0.2) is 19.0 Å². The molecule has 1 aromatic rings. The molecule has 2 heteroatoms. The molecule has 1 rings (SSSR count). The molecule has 0 radical (unpaired) electrons. The number of benzene rings is 1. The van der Waals surface area contributed by atoms with Crippen LogP contribution in [0.4, 0.5) is 0 Å². The molecule has 0 spiro atoms. The Morgan fingerprint density at radius 1 is 1.13 bits per heavy atom. The summed E-state index contributed by atoms with van der Waals surface area (Å²) in [6.45, 7) is 6.19. The van der Waals surface area contributed by atoms with Crippen LogP contribution >= 0.6 is 0 Å². The predicted molar refractivity (Wildman–Crippen MR) is 65.1 cm³/mol. The van der Waals surface area contributed by atoms with Crippen molar-refractivity contribution in [3.63, 3.8) is 0 Å². The van der Waals surface area contributed by atoms with Crippen molar-refractivity contribution in [2.24, 2.45) is 0 Å². The summed E-state index contributed by atoms with van der Waals surface area (Å²) >= 11 is 0. The maximum Gasteiger partial charge on any atom is 1.00 e. The van der Waals surface area contributed by atoms with Crippen LogP contribution < -0.4 is 51.4 Å². The van der Waals surface area contributed by atoms with Gasteiger partial charge in [-0.15, -0.1) is 5.56 Å². The van der Waals surface area contributed by atoms with Crippen molar-refractivity contribution in [1.82, 2.24) is 4.90 Å². The van der Waals surface area contributed by atoms with Gasteiger partial charge in [-0.05, 0) is 21.0 Å². The van der Waals surface area contributed by atoms with Gasteiger partial charge in [0, 0.05) is 6.04 Å². The van der Waals surface area contributed by atoms with Gasteiger partial charge in [0.05, 0.1) is 0 Å². The Balaban J connectivity index is -0.000000339. The van der Waals surface area contributed by atoms with E-state index in [4.69, 9.17) is 0 Å². The van der Waals surface area contributed by atoms with Gasteiger partial charge in [-0.1, -0.05) is 13.8 Å². The summed E-state index contributed by atoms with van der Waals surface area (Å²) in [4.78, 5) is 2.19. The fourth-order valence-electron chi connectivity index (χ4n) is 0.976. The molecule has 0 aliphatic carbocycles. The third kappa shape index (κ3) is 8.61. The molecular weight excluding hydrogens is 209 g/mol. The van der Waals surface area contributed by atoms with Crippen LogP contribution in [0.2, 0.25) is 0 Å². The van der Waals surface area contributed by atoms with Crippen molar-refractivity contribution in [1.29, 1.82) is 0 Å². The van der Waals surface area contributed by atoms with E-state index in [2.05, 4.69) is 44.1 Å². The summed E-state index contributed by atoms with van der Waals surface area (Å²) < 4.78 is 0. The first-order chi connectivity index (χ1) is 6.22. The van der Waals surface area contributed by atoms with Crippen molar-refractivity contribution >= 4 is 0 Å². The normalized spacial score (nSPS) is 10.3. The van der Waals surface area contributed by atoms with E-state index in [1.165, 1.54) is 5.56 Å². The summed E-state index contributed by atoms with van der Waals surface area (Å²) in [5.41, 5.74) is 1.34. The molecule has 0 aliphatic rings. The van der Waals surface area contributed by atoms with Gasteiger partial charge >= 0.3 is 51.4 Å². The Hall–Kier alpha value is 0.816. The molecule has 15 heavy (non-hydrogen) atoms. The molecule has 0 saturated heterocycles. The Morgan fingerprint density at radius 2 is 1.53 bits per heavy atom. The monoisotopic (exact) mass is 232 g/mol. The Kier molecular flexibility index (Phi) is 18.2. The average Bonchev–Trinajstić information content (AvgIpc) is 2.21. The fourth-order valence-corrected chi connectivity index (χ4v) is 0.976. The Morgan fingerprint density at radius 3 is 1.87 bits per heavy atom. The van der Waals surface area contributed by atoms with Gasteiger partial charge in [0.25, 0.3) is 0 Å². The maximum atomic E-state index is 3.01. The van der Waals surface area contributed by atoms with Gasteiger partial charge < -0.3 is 12.3 Å². The molecule has 1 nitrogen and oxygen atoms in total. The van der Waals surface area contributed by atoms with Crippen molar-refractivity contribution in [3.8, 4) is 0 Å². The minimum atomic E-state index is 0. The first-order valence-corrected chi connectivity index (χ1v) is 4.84. The zero-order valence-corrected chi connectivity index (χ0v) is 14.5. The number of hydrogen-bond donors (Lipinski definition) is 0. The summed E-state index contributed by atoms with van der Waals surface area (Å²) in [7, 11) is 4.17. The minimum Gasteiger partial charge on any atom is -0.358 e. The van der Waals surface area contributed by atoms with Crippen LogP contribution in [-0.2, 0) is 0 Å². The molecule has 0 N–H and O–H groups in total. The maximum absolute atomic E-state index is 3.01. The number of hydrogen-bond acceptors (Lipinski definition) is 1. The van der Waals surface area contributed by atoms with Gasteiger partial charge in [0.15, 0.2) is 0 Å². The predicted octanol–water partition coefficient (Wildman–Crippen LogP) is 0.590. The van der Waals surface area contributed by atoms with Crippen LogP contribution in [0.5, 0.6) is 0 Å². The second kappa shape index (κ2) is 12.9. The summed E-state index contributed by atoms with van der Waals surface area (Å²) in [6, 6.07) is 11.6. The number of rotatable bonds is 2. The molecule has 1 aromatic carbocycles. The number of nitrogens with zero attached hydrogens (tertiary/aromatic N) is 1. The first-order valence-electron chi connectivity index (χ1n) is 4.84. The quantitative estimate of drug-likeness (QED) is 0.533. The molecular formula is C13H23KN-. The van der Waals surface area contributed by atoms with Crippen molar-refractivity contribution in [2.75, 3.05) is 14.1 Å². The molecule has 1 unspecified atom stereocenters. The van der Waals surface area contributed by atoms with E-state index in [1.54, 1.807) is 0 Å². The van der Waals surface area contributed by atoms with E-state index >= 15 is 0 Å². The van der Waals surface area contributed by atoms with Crippen LogP contribution in [0.15, 0.2) is 24.3 Å². The smallest absolute Gasteiger partial charge is 0.358 e. The molecule has 0 heterocycles. The third-order valence-electron chi connectivity index (χ3n) is 2.00. The fraction of sp³-hybridized carbons (Fsp3) is 0.462. The Labute approximate surface area is 139 Å². The minimum absolute atomic E-state index is 0. The topological polar surface area (TPSA) is 3.24 Å².